The molecule has 2 aromatic heterocycles. The van der Waals surface area contributed by atoms with E-state index in [0.29, 0.717) is 18.1 Å². The first-order valence-corrected chi connectivity index (χ1v) is 8.06. The Morgan fingerprint density at radius 3 is 2.75 bits per heavy atom. The molecule has 7 nitrogen and oxygen atoms in total. The summed E-state index contributed by atoms with van der Waals surface area (Å²) in [4.78, 5) is 12.2. The summed E-state index contributed by atoms with van der Waals surface area (Å²) in [6.07, 6.45) is 1.72. The molecule has 0 aliphatic rings. The number of hydrogen-bond acceptors (Lipinski definition) is 4. The Kier molecular flexibility index (Phi) is 4.39. The molecule has 2 heterocycles. The molecular formula is C16H16BrN5O2. The van der Waals surface area contributed by atoms with Gasteiger partial charge in [-0.25, -0.2) is 4.68 Å². The van der Waals surface area contributed by atoms with E-state index in [9.17, 15) is 9.90 Å². The normalized spacial score (nSPS) is 10.8. The summed E-state index contributed by atoms with van der Waals surface area (Å²) in [6, 6.07) is 8.00. The maximum absolute atomic E-state index is 12.2. The van der Waals surface area contributed by atoms with E-state index in [1.54, 1.807) is 29.1 Å². The Labute approximate surface area is 147 Å². The molecule has 0 aliphatic carbocycles. The van der Waals surface area contributed by atoms with Crippen LogP contribution in [0.4, 0.5) is 5.69 Å². The van der Waals surface area contributed by atoms with Gasteiger partial charge in [-0.2, -0.15) is 10.2 Å². The minimum atomic E-state index is -0.339. The van der Waals surface area contributed by atoms with Gasteiger partial charge in [0.1, 0.15) is 12.4 Å². The predicted molar refractivity (Wildman–Crippen MR) is 93.1 cm³/mol. The predicted octanol–water partition coefficient (Wildman–Crippen LogP) is 2.92. The minimum Gasteiger partial charge on any atom is -0.508 e. The van der Waals surface area contributed by atoms with Gasteiger partial charge < -0.3 is 10.4 Å². The number of nitrogens with one attached hydrogen (secondary N) is 1. The van der Waals surface area contributed by atoms with E-state index in [1.807, 2.05) is 18.5 Å². The zero-order valence-electron chi connectivity index (χ0n) is 13.2. The van der Waals surface area contributed by atoms with Gasteiger partial charge in [0.25, 0.3) is 5.91 Å². The number of amides is 1. The van der Waals surface area contributed by atoms with Gasteiger partial charge in [-0.15, -0.1) is 0 Å². The number of nitrogens with zero attached hydrogens (tertiary/aromatic N) is 4. The molecule has 0 unspecified atom stereocenters. The van der Waals surface area contributed by atoms with Crippen molar-refractivity contribution in [2.45, 2.75) is 20.5 Å². The molecule has 0 saturated heterocycles. The molecule has 3 aromatic rings. The van der Waals surface area contributed by atoms with Crippen molar-refractivity contribution in [3.63, 3.8) is 0 Å². The second kappa shape index (κ2) is 6.48. The molecular weight excluding hydrogens is 374 g/mol. The highest BCUT2D eigenvalue weighted by Gasteiger charge is 2.12. The van der Waals surface area contributed by atoms with E-state index in [2.05, 4.69) is 31.4 Å². The molecule has 1 amide bonds. The molecule has 0 saturated carbocycles. The monoisotopic (exact) mass is 389 g/mol. The van der Waals surface area contributed by atoms with Crippen molar-refractivity contribution in [2.75, 3.05) is 5.32 Å². The first kappa shape index (κ1) is 16.3. The number of aromatic hydroxyl groups is 1. The Bertz CT molecular complexity index is 900. The van der Waals surface area contributed by atoms with Crippen LogP contribution in [0.3, 0.4) is 0 Å². The Morgan fingerprint density at radius 2 is 2.08 bits per heavy atom. The average molecular weight is 390 g/mol. The quantitative estimate of drug-likeness (QED) is 0.718. The summed E-state index contributed by atoms with van der Waals surface area (Å²) in [5.41, 5.74) is 2.70. The smallest absolute Gasteiger partial charge is 0.276 e. The van der Waals surface area contributed by atoms with Crippen molar-refractivity contribution >= 4 is 27.5 Å². The molecule has 0 spiro atoms. The fourth-order valence-corrected chi connectivity index (χ4v) is 2.57. The fraction of sp³-hybridized carbons (Fsp3) is 0.188. The lowest BCUT2D eigenvalue weighted by Crippen LogP contribution is -2.15. The molecule has 8 heteroatoms. The number of hydrogen-bond donors (Lipinski definition) is 2. The zero-order valence-corrected chi connectivity index (χ0v) is 14.8. The minimum absolute atomic E-state index is 0.0911. The second-order valence-electron chi connectivity index (χ2n) is 5.37. The first-order chi connectivity index (χ1) is 11.4. The molecule has 0 atom stereocenters. The molecule has 0 aliphatic heterocycles. The van der Waals surface area contributed by atoms with Crippen LogP contribution >= 0.6 is 15.9 Å². The Hall–Kier alpha value is -2.61. The lowest BCUT2D eigenvalue weighted by molar-refractivity contribution is 0.102. The SMILES string of the molecule is Cc1nn(Cn2ccc(C(=O)Nc3cccc(O)c3)n2)c(C)c1Br. The molecule has 24 heavy (non-hydrogen) atoms. The van der Waals surface area contributed by atoms with Crippen LogP contribution in [0.25, 0.3) is 0 Å². The van der Waals surface area contributed by atoms with Crippen molar-refractivity contribution < 1.29 is 9.90 Å². The number of aryl methyl sites for hydroxylation is 1. The molecule has 124 valence electrons. The third-order valence-electron chi connectivity index (χ3n) is 3.55. The standard InChI is InChI=1S/C16H16BrN5O2/c1-10-15(17)11(2)22(19-10)9-21-7-6-14(20-21)16(24)18-12-4-3-5-13(23)8-12/h3-8,23H,9H2,1-2H3,(H,18,24). The number of halogens is 1. The largest absolute Gasteiger partial charge is 0.508 e. The van der Waals surface area contributed by atoms with Crippen molar-refractivity contribution in [1.82, 2.24) is 19.6 Å². The topological polar surface area (TPSA) is 85.0 Å². The molecule has 0 bridgehead atoms. The zero-order chi connectivity index (χ0) is 17.3. The van der Waals surface area contributed by atoms with Crippen LogP contribution in [0.2, 0.25) is 0 Å². The highest BCUT2D eigenvalue weighted by atomic mass is 79.9. The van der Waals surface area contributed by atoms with Crippen LogP contribution < -0.4 is 5.32 Å². The summed E-state index contributed by atoms with van der Waals surface area (Å²) >= 11 is 3.49. The van der Waals surface area contributed by atoms with Crippen LogP contribution in [-0.4, -0.2) is 30.6 Å². The molecule has 2 N–H and O–H groups in total. The van der Waals surface area contributed by atoms with Gasteiger partial charge in [0.15, 0.2) is 5.69 Å². The van der Waals surface area contributed by atoms with Crippen LogP contribution in [0.5, 0.6) is 5.75 Å². The number of rotatable bonds is 4. The maximum atomic E-state index is 12.2. The number of aromatic nitrogens is 4. The van der Waals surface area contributed by atoms with Crippen molar-refractivity contribution in [3.8, 4) is 5.75 Å². The number of benzene rings is 1. The second-order valence-corrected chi connectivity index (χ2v) is 6.16. The number of carbonyl (C=O) groups excluding carboxylic acids is 1. The van der Waals surface area contributed by atoms with E-state index >= 15 is 0 Å². The molecule has 1 aromatic carbocycles. The summed E-state index contributed by atoms with van der Waals surface area (Å²) < 4.78 is 4.42. The maximum Gasteiger partial charge on any atom is 0.276 e. The lowest BCUT2D eigenvalue weighted by Gasteiger charge is -2.05. The third kappa shape index (κ3) is 3.33. The van der Waals surface area contributed by atoms with Crippen molar-refractivity contribution in [1.29, 1.82) is 0 Å². The summed E-state index contributed by atoms with van der Waals surface area (Å²) in [5, 5.41) is 20.8. The summed E-state index contributed by atoms with van der Waals surface area (Å²) in [7, 11) is 0. The average Bonchev–Trinajstić information content (AvgIpc) is 3.09. The van der Waals surface area contributed by atoms with Gasteiger partial charge >= 0.3 is 0 Å². The highest BCUT2D eigenvalue weighted by Crippen LogP contribution is 2.20. The Morgan fingerprint density at radius 1 is 1.29 bits per heavy atom. The van der Waals surface area contributed by atoms with Crippen LogP contribution in [0.1, 0.15) is 21.9 Å². The van der Waals surface area contributed by atoms with Gasteiger partial charge in [0.05, 0.1) is 15.9 Å². The van der Waals surface area contributed by atoms with E-state index in [0.717, 1.165) is 15.9 Å². The number of carbonyl (C=O) groups is 1. The van der Waals surface area contributed by atoms with Gasteiger partial charge in [-0.1, -0.05) is 6.07 Å². The lowest BCUT2D eigenvalue weighted by atomic mass is 10.3. The van der Waals surface area contributed by atoms with E-state index < -0.39 is 0 Å². The molecule has 3 rings (SSSR count). The van der Waals surface area contributed by atoms with Gasteiger partial charge in [0, 0.05) is 18.0 Å². The van der Waals surface area contributed by atoms with Crippen LogP contribution in [-0.2, 0) is 6.67 Å². The van der Waals surface area contributed by atoms with Crippen LogP contribution in [0.15, 0.2) is 41.0 Å². The fourth-order valence-electron chi connectivity index (χ4n) is 2.29. The summed E-state index contributed by atoms with van der Waals surface area (Å²) in [5.74, 6) is -0.248. The molecule has 0 fully saturated rings. The van der Waals surface area contributed by atoms with Crippen molar-refractivity contribution in [2.24, 2.45) is 0 Å². The first-order valence-electron chi connectivity index (χ1n) is 7.27. The number of phenols is 1. The van der Waals surface area contributed by atoms with Gasteiger partial charge in [0.2, 0.25) is 0 Å². The number of phenolic OH excluding ortho intramolecular Hbond substituents is 1. The van der Waals surface area contributed by atoms with E-state index in [4.69, 9.17) is 0 Å². The molecule has 0 radical (unpaired) electrons. The van der Waals surface area contributed by atoms with Gasteiger partial charge in [-0.3, -0.25) is 9.48 Å². The highest BCUT2D eigenvalue weighted by molar-refractivity contribution is 9.10. The van der Waals surface area contributed by atoms with Crippen LogP contribution in [0, 0.1) is 13.8 Å². The van der Waals surface area contributed by atoms with Crippen molar-refractivity contribution in [3.05, 3.63) is 58.1 Å². The summed E-state index contributed by atoms with van der Waals surface area (Å²) in [6.45, 7) is 4.30. The van der Waals surface area contributed by atoms with E-state index in [1.165, 1.54) is 12.1 Å². The van der Waals surface area contributed by atoms with E-state index in [-0.39, 0.29) is 11.7 Å². The van der Waals surface area contributed by atoms with Gasteiger partial charge in [-0.05, 0) is 48.0 Å². The third-order valence-corrected chi connectivity index (χ3v) is 4.70. The number of anilines is 1. The Balaban J connectivity index is 1.73.